The van der Waals surface area contributed by atoms with E-state index in [-0.39, 0.29) is 67.2 Å². The van der Waals surface area contributed by atoms with Gasteiger partial charge in [0, 0.05) is 153 Å². The van der Waals surface area contributed by atoms with Crippen molar-refractivity contribution in [3.05, 3.63) is 99.2 Å². The highest BCUT2D eigenvalue weighted by atomic mass is 32.2. The molecule has 5 aliphatic heterocycles. The molecule has 5 heterocycles. The van der Waals surface area contributed by atoms with Crippen LogP contribution in [0.2, 0.25) is 0 Å². The number of piperidine rings is 1. The van der Waals surface area contributed by atoms with Crippen LogP contribution >= 0.6 is 11.8 Å². The number of piperazine rings is 1. The summed E-state index contributed by atoms with van der Waals surface area (Å²) in [7, 11) is 4.64. The predicted octanol–water partition coefficient (Wildman–Crippen LogP) is 12.3. The molecule has 1 saturated carbocycles. The summed E-state index contributed by atoms with van der Waals surface area (Å²) in [5.74, 6) is -6.20. The van der Waals surface area contributed by atoms with Crippen LogP contribution in [0.5, 0.6) is 0 Å². The fourth-order valence-electron chi connectivity index (χ4n) is 17.7. The van der Waals surface area contributed by atoms with Gasteiger partial charge in [0.1, 0.15) is 29.8 Å². The number of carbonyl (C=O) groups is 7. The van der Waals surface area contributed by atoms with Crippen molar-refractivity contribution >= 4 is 58.2 Å². The van der Waals surface area contributed by atoms with Crippen LogP contribution in [-0.4, -0.2) is 223 Å². The number of thioether (sulfide) groups is 1. The maximum absolute atomic E-state index is 14.8. The Bertz CT molecular complexity index is 3500. The molecule has 107 heavy (non-hydrogen) atoms. The number of fused-ring (bicyclic) bond motifs is 3. The molecule has 0 spiro atoms. The summed E-state index contributed by atoms with van der Waals surface area (Å²) in [6, 6.07) is 12.2. The van der Waals surface area contributed by atoms with Crippen LogP contribution in [0.25, 0.3) is 11.1 Å². The molecule has 4 saturated heterocycles. The van der Waals surface area contributed by atoms with Crippen molar-refractivity contribution in [2.45, 2.75) is 258 Å². The number of ether oxygens (including phenoxy) is 6. The Balaban J connectivity index is 0.784. The van der Waals surface area contributed by atoms with E-state index in [9.17, 15) is 48.9 Å². The maximum Gasteiger partial charge on any atom is 0.329 e. The fraction of sp³-hybridized carbons (Fsp3) is 0.686. The number of aliphatic hydroxyl groups excluding tert-OH is 2. The second kappa shape index (κ2) is 40.6. The standard InChI is InChI=1S/C86H126N4O16S/c1-13-89(67-29-38-104-39-30-67)72-51-66(50-70(60(72)8)73(92)28-26-69-57(5)43-56(4)45-77(69)96)64-24-21-62(22-25-64)53-88-36-34-87(35-37-88)32-16-19-68(91)31-41-107-40-17-18-65-44-54(2)42-55(3)46-79(102-11)82-80(103-12)48-59(7)86(100,106-82)83(97)84(98)90-33-15-14-20-71(90)85(99)105-81(61(9)75(94)52-76(65)95)58(6)47-63-23-27-74(93)78(49-63)101-10/h21-22,24-25,43-44,47,50-51,55,59,61,63,65,67,71,74-75,78-82,93-94,100H,13-20,23,26-42,45-46,48-49,52-53H2,1-12H3/b54-44+,58-47+/t55-,59+,61+,63-,65+,71-,74+,75-,78+,79-,80-,81?,82+,86+/m0/s1. The van der Waals surface area contributed by atoms with Gasteiger partial charge in [-0.05, 0) is 213 Å². The van der Waals surface area contributed by atoms with Crippen molar-refractivity contribution in [2.24, 2.45) is 29.6 Å². The zero-order valence-corrected chi connectivity index (χ0v) is 67.1. The van der Waals surface area contributed by atoms with Crippen LogP contribution in [0, 0.1) is 36.5 Å². The monoisotopic (exact) mass is 1500 g/mol. The third-order valence-corrected chi connectivity index (χ3v) is 25.2. The number of allylic oxidation sites excluding steroid dienone is 7. The molecule has 2 aromatic carbocycles. The van der Waals surface area contributed by atoms with E-state index in [2.05, 4.69) is 77.9 Å². The molecular formula is C86H126N4O16S. The van der Waals surface area contributed by atoms with Gasteiger partial charge in [-0.25, -0.2) is 4.79 Å². The largest absolute Gasteiger partial charge is 0.456 e. The second-order valence-electron chi connectivity index (χ2n) is 32.2. The number of carbonyl (C=O) groups excluding carboxylic acids is 7. The number of ketones is 5. The summed E-state index contributed by atoms with van der Waals surface area (Å²) >= 11 is 1.71. The second-order valence-corrected chi connectivity index (χ2v) is 33.4. The minimum absolute atomic E-state index is 0.0430. The van der Waals surface area contributed by atoms with E-state index >= 15 is 0 Å². The van der Waals surface area contributed by atoms with Crippen molar-refractivity contribution in [3.8, 4) is 11.1 Å². The zero-order chi connectivity index (χ0) is 77.2. The van der Waals surface area contributed by atoms with E-state index in [0.717, 1.165) is 129 Å². The van der Waals surface area contributed by atoms with Gasteiger partial charge >= 0.3 is 5.97 Å². The van der Waals surface area contributed by atoms with Crippen molar-refractivity contribution in [1.29, 1.82) is 0 Å². The maximum atomic E-state index is 14.8. The molecule has 9 rings (SSSR count). The Labute approximate surface area is 641 Å². The van der Waals surface area contributed by atoms with Crippen molar-refractivity contribution in [1.82, 2.24) is 14.7 Å². The first-order valence-electron chi connectivity index (χ1n) is 40.1. The minimum Gasteiger partial charge on any atom is -0.456 e. The number of hydrogen-bond acceptors (Lipinski definition) is 20. The molecule has 21 heteroatoms. The molecule has 2 bridgehead atoms. The summed E-state index contributed by atoms with van der Waals surface area (Å²) in [4.78, 5) is 108. The molecular weight excluding hydrogens is 1380 g/mol. The number of rotatable bonds is 26. The van der Waals surface area contributed by atoms with Crippen molar-refractivity contribution in [3.63, 3.8) is 0 Å². The third-order valence-electron chi connectivity index (χ3n) is 24.1. The van der Waals surface area contributed by atoms with Crippen LogP contribution in [-0.2, 0) is 63.7 Å². The van der Waals surface area contributed by atoms with Gasteiger partial charge < -0.3 is 58.4 Å². The lowest BCUT2D eigenvalue weighted by atomic mass is 9.81. The van der Waals surface area contributed by atoms with Gasteiger partial charge in [0.05, 0.1) is 30.5 Å². The number of hydrogen-bond donors (Lipinski definition) is 3. The summed E-state index contributed by atoms with van der Waals surface area (Å²) in [6.45, 7) is 25.2. The molecule has 592 valence electrons. The average Bonchev–Trinajstić information content (AvgIpc) is 0.827. The van der Waals surface area contributed by atoms with Gasteiger partial charge in [0.15, 0.2) is 11.6 Å². The van der Waals surface area contributed by atoms with Crippen LogP contribution in [0.1, 0.15) is 205 Å². The highest BCUT2D eigenvalue weighted by Gasteiger charge is 2.57. The quantitative estimate of drug-likeness (QED) is 0.0260. The van der Waals surface area contributed by atoms with Gasteiger partial charge in [-0.1, -0.05) is 74.4 Å². The number of anilines is 1. The lowest BCUT2D eigenvalue weighted by Gasteiger charge is -2.47. The first-order chi connectivity index (χ1) is 51.2. The molecule has 1 unspecified atom stereocenters. The minimum atomic E-state index is -2.56. The van der Waals surface area contributed by atoms with Crippen LogP contribution < -0.4 is 4.90 Å². The molecule has 2 aromatic rings. The number of nitrogens with zero attached hydrogens (tertiary/aromatic N) is 4. The molecule has 1 amide bonds. The normalized spacial score (nSPS) is 30.5. The van der Waals surface area contributed by atoms with E-state index in [1.165, 1.54) is 24.7 Å². The van der Waals surface area contributed by atoms with Gasteiger partial charge in [0.2, 0.25) is 5.79 Å². The van der Waals surface area contributed by atoms with Crippen LogP contribution in [0.15, 0.2) is 82.5 Å². The zero-order valence-electron chi connectivity index (χ0n) is 66.3. The highest BCUT2D eigenvalue weighted by Crippen LogP contribution is 2.41. The first kappa shape index (κ1) is 85.4. The summed E-state index contributed by atoms with van der Waals surface area (Å²) in [5.41, 5.74) is 10.5. The lowest BCUT2D eigenvalue weighted by molar-refractivity contribution is -0.302. The van der Waals surface area contributed by atoms with E-state index in [4.69, 9.17) is 28.4 Å². The Morgan fingerprint density at radius 1 is 0.757 bits per heavy atom. The molecule has 0 aromatic heterocycles. The number of aliphatic hydroxyl groups is 3. The van der Waals surface area contributed by atoms with E-state index in [0.29, 0.717) is 106 Å². The number of amides is 1. The molecule has 5 fully saturated rings. The van der Waals surface area contributed by atoms with E-state index in [1.807, 2.05) is 39.8 Å². The van der Waals surface area contributed by atoms with E-state index in [1.54, 1.807) is 32.7 Å². The highest BCUT2D eigenvalue weighted by molar-refractivity contribution is 7.99. The number of cyclic esters (lactones) is 1. The topological polar surface area (TPSA) is 249 Å². The summed E-state index contributed by atoms with van der Waals surface area (Å²) < 4.78 is 36.2. The molecule has 20 nitrogen and oxygen atoms in total. The fourth-order valence-corrected chi connectivity index (χ4v) is 18.7. The van der Waals surface area contributed by atoms with E-state index < -0.39 is 90.0 Å². The van der Waals surface area contributed by atoms with Gasteiger partial charge in [0.25, 0.3) is 11.7 Å². The molecule has 2 aliphatic carbocycles. The Hall–Kier alpha value is -5.56. The lowest BCUT2D eigenvalue weighted by Crippen LogP contribution is -2.64. The molecule has 7 aliphatic rings. The molecule has 14 atom stereocenters. The molecule has 3 N–H and O–H groups in total. The Kier molecular flexibility index (Phi) is 32.4. The SMILES string of the molecule is CCN(c1cc(-c2ccc(CN3CCN(CCCC(=O)CCSCCC[C@@H]4/C=C(\C)C[C@H](C)C[C@H](OC)[C@H]5O[C@@](O)(C(=O)C(=O)N6CCCC[C@H]6C(=O)OC(/C(C)=C/[C@@H]6CC[C@@H](O)[C@H](OC)C6)[C@H](C)[C@@H](O)CC4=O)[C@H](C)C[C@@H]5OC)CC3)cc2)cc(C(=O)CCC2=C(C)C=C(C)CC2=O)c1C)C1CCOCC1. The number of methoxy groups -OCH3 is 3. The Morgan fingerprint density at radius 2 is 1.46 bits per heavy atom. The van der Waals surface area contributed by atoms with Crippen molar-refractivity contribution in [2.75, 3.05) is 96.8 Å². The van der Waals surface area contributed by atoms with Gasteiger partial charge in [-0.2, -0.15) is 11.8 Å². The third kappa shape index (κ3) is 22.6. The van der Waals surface area contributed by atoms with Gasteiger partial charge in [-0.3, -0.25) is 33.7 Å². The molecule has 0 radical (unpaired) electrons. The number of benzene rings is 2. The first-order valence-corrected chi connectivity index (χ1v) is 41.2. The number of esters is 1. The summed E-state index contributed by atoms with van der Waals surface area (Å²) in [6.07, 6.45) is 10.5. The summed E-state index contributed by atoms with van der Waals surface area (Å²) in [5, 5.41) is 35.2. The predicted molar refractivity (Wildman–Crippen MR) is 418 cm³/mol. The Morgan fingerprint density at radius 3 is 2.15 bits per heavy atom. The average molecular weight is 1500 g/mol. The number of Topliss-reactive ketones (excluding diaryl/α,β-unsaturated/α-hetero) is 5. The smallest absolute Gasteiger partial charge is 0.329 e. The van der Waals surface area contributed by atoms with Crippen LogP contribution in [0.3, 0.4) is 0 Å². The van der Waals surface area contributed by atoms with Crippen molar-refractivity contribution < 1.29 is 77.3 Å². The van der Waals surface area contributed by atoms with Crippen LogP contribution in [0.4, 0.5) is 5.69 Å². The van der Waals surface area contributed by atoms with Gasteiger partial charge in [-0.15, -0.1) is 0 Å².